The van der Waals surface area contributed by atoms with Gasteiger partial charge in [0, 0.05) is 37.5 Å². The van der Waals surface area contributed by atoms with Crippen molar-refractivity contribution in [3.8, 4) is 11.7 Å². The van der Waals surface area contributed by atoms with Crippen molar-refractivity contribution in [1.82, 2.24) is 29.2 Å². The van der Waals surface area contributed by atoms with E-state index in [-0.39, 0.29) is 36.1 Å². The number of fused-ring (bicyclic) bond motifs is 1. The minimum atomic E-state index is -0.554. The van der Waals surface area contributed by atoms with Gasteiger partial charge in [-0.3, -0.25) is 4.79 Å². The molecule has 0 radical (unpaired) electrons. The Balaban J connectivity index is 1.41. The van der Waals surface area contributed by atoms with Gasteiger partial charge in [-0.2, -0.15) is 9.97 Å². The van der Waals surface area contributed by atoms with Gasteiger partial charge in [0.05, 0.1) is 6.54 Å². The number of hydrogen-bond donors (Lipinski definition) is 1. The average molecular weight is 576 g/mol. The topological polar surface area (TPSA) is 116 Å². The molecule has 0 unspecified atom stereocenters. The smallest absolute Gasteiger partial charge is 0.410 e. The number of aromatic nitrogens is 5. The van der Waals surface area contributed by atoms with E-state index in [4.69, 9.17) is 14.5 Å². The molecule has 1 N–H and O–H groups in total. The first-order valence-corrected chi connectivity index (χ1v) is 13.9. The standard InChI is InChI=1S/C30H34FN7O4/c1-5-16-37-27(39)23-19-32-28(33-21-13-11-20(31)12-14-21)35-26(23)38(37)24-9-6-10-25(34-24)41-22-8-7-17-36(18-15-22)29(40)42-30(2,3)4/h5-6,9-14,19,22H,1,7-8,15-18H2,2-4H3,(H,32,33,35)/t22-/m1/s1. The van der Waals surface area contributed by atoms with E-state index < -0.39 is 5.60 Å². The quantitative estimate of drug-likeness (QED) is 0.299. The number of carbonyl (C=O) groups excluding carboxylic acids is 1. The highest BCUT2D eigenvalue weighted by Crippen LogP contribution is 2.23. The zero-order chi connectivity index (χ0) is 29.9. The van der Waals surface area contributed by atoms with Crippen LogP contribution in [-0.2, 0) is 11.3 Å². The van der Waals surface area contributed by atoms with Crippen LogP contribution in [0.3, 0.4) is 0 Å². The zero-order valence-corrected chi connectivity index (χ0v) is 23.9. The maximum Gasteiger partial charge on any atom is 0.410 e. The number of hydrogen-bond acceptors (Lipinski definition) is 8. The van der Waals surface area contributed by atoms with E-state index in [2.05, 4.69) is 21.9 Å². The van der Waals surface area contributed by atoms with Crippen LogP contribution >= 0.6 is 0 Å². The van der Waals surface area contributed by atoms with Gasteiger partial charge >= 0.3 is 6.09 Å². The molecule has 1 aromatic carbocycles. The third-order valence-electron chi connectivity index (χ3n) is 6.62. The molecule has 1 atom stereocenters. The summed E-state index contributed by atoms with van der Waals surface area (Å²) in [5, 5.41) is 3.35. The van der Waals surface area contributed by atoms with Crippen molar-refractivity contribution in [1.29, 1.82) is 0 Å². The Kier molecular flexibility index (Phi) is 8.23. The van der Waals surface area contributed by atoms with Crippen LogP contribution in [0, 0.1) is 5.82 Å². The number of likely N-dealkylation sites (tertiary alicyclic amines) is 1. The molecule has 1 amide bonds. The minimum absolute atomic E-state index is 0.147. The summed E-state index contributed by atoms with van der Waals surface area (Å²) in [5.74, 6) is 0.696. The van der Waals surface area contributed by atoms with Crippen molar-refractivity contribution in [2.75, 3.05) is 18.4 Å². The maximum absolute atomic E-state index is 13.4. The second-order valence-corrected chi connectivity index (χ2v) is 11.0. The maximum atomic E-state index is 13.4. The van der Waals surface area contributed by atoms with Crippen molar-refractivity contribution in [3.63, 3.8) is 0 Å². The number of carbonyl (C=O) groups is 1. The Morgan fingerprint density at radius 1 is 1.14 bits per heavy atom. The normalized spacial score (nSPS) is 15.7. The van der Waals surface area contributed by atoms with Crippen LogP contribution in [0.15, 0.2) is 66.1 Å². The Bertz CT molecular complexity index is 1640. The number of pyridine rings is 1. The zero-order valence-electron chi connectivity index (χ0n) is 23.9. The number of allylic oxidation sites excluding steroid dienone is 1. The summed E-state index contributed by atoms with van der Waals surface area (Å²) in [7, 11) is 0. The van der Waals surface area contributed by atoms with E-state index in [0.717, 1.165) is 12.8 Å². The molecule has 3 aromatic heterocycles. The molecule has 220 valence electrons. The number of nitrogens with zero attached hydrogens (tertiary/aromatic N) is 6. The molecule has 1 aliphatic heterocycles. The first-order chi connectivity index (χ1) is 20.1. The summed E-state index contributed by atoms with van der Waals surface area (Å²) >= 11 is 0. The van der Waals surface area contributed by atoms with Gasteiger partial charge in [0.15, 0.2) is 11.5 Å². The molecule has 12 heteroatoms. The predicted molar refractivity (Wildman–Crippen MR) is 157 cm³/mol. The number of anilines is 2. The van der Waals surface area contributed by atoms with Crippen LogP contribution in [-0.4, -0.2) is 60.1 Å². The van der Waals surface area contributed by atoms with Crippen molar-refractivity contribution >= 4 is 28.8 Å². The first kappa shape index (κ1) is 28.8. The van der Waals surface area contributed by atoms with Crippen LogP contribution < -0.4 is 15.6 Å². The fraction of sp³-hybridized carbons (Fsp3) is 0.367. The van der Waals surface area contributed by atoms with Crippen LogP contribution in [0.1, 0.15) is 40.0 Å². The molecule has 4 heterocycles. The lowest BCUT2D eigenvalue weighted by Gasteiger charge is -2.26. The molecule has 11 nitrogen and oxygen atoms in total. The summed E-state index contributed by atoms with van der Waals surface area (Å²) < 4.78 is 28.2. The lowest BCUT2D eigenvalue weighted by molar-refractivity contribution is 0.0252. The predicted octanol–water partition coefficient (Wildman–Crippen LogP) is 5.21. The lowest BCUT2D eigenvalue weighted by Crippen LogP contribution is -2.37. The van der Waals surface area contributed by atoms with Gasteiger partial charge in [-0.1, -0.05) is 12.1 Å². The number of amides is 1. The molecule has 0 saturated carbocycles. The highest BCUT2D eigenvalue weighted by molar-refractivity contribution is 5.77. The molecule has 1 fully saturated rings. The third kappa shape index (κ3) is 6.59. The van der Waals surface area contributed by atoms with Gasteiger partial charge in [0.1, 0.15) is 22.9 Å². The van der Waals surface area contributed by atoms with Crippen molar-refractivity contribution in [2.45, 2.75) is 58.3 Å². The van der Waals surface area contributed by atoms with Gasteiger partial charge < -0.3 is 19.7 Å². The lowest BCUT2D eigenvalue weighted by atomic mass is 10.2. The largest absolute Gasteiger partial charge is 0.474 e. The van der Waals surface area contributed by atoms with Gasteiger partial charge in [-0.05, 0) is 63.9 Å². The molecule has 0 aliphatic carbocycles. The first-order valence-electron chi connectivity index (χ1n) is 13.9. The Labute approximate surface area is 242 Å². The molecule has 1 saturated heterocycles. The number of benzene rings is 1. The van der Waals surface area contributed by atoms with E-state index in [0.29, 0.717) is 47.9 Å². The number of halogens is 1. The van der Waals surface area contributed by atoms with Crippen LogP contribution in [0.5, 0.6) is 5.88 Å². The second kappa shape index (κ2) is 12.0. The van der Waals surface area contributed by atoms with Crippen molar-refractivity contribution in [2.24, 2.45) is 0 Å². The molecule has 0 bridgehead atoms. The van der Waals surface area contributed by atoms with Crippen molar-refractivity contribution < 1.29 is 18.7 Å². The summed E-state index contributed by atoms with van der Waals surface area (Å²) in [6.07, 6.45) is 4.75. The number of nitrogens with one attached hydrogen (secondary N) is 1. The minimum Gasteiger partial charge on any atom is -0.474 e. The SMILES string of the molecule is C=CCn1c(=O)c2cnc(Nc3ccc(F)cc3)nc2n1-c1cccc(O[C@@H]2CCCN(C(=O)OC(C)(C)C)CC2)n1. The average Bonchev–Trinajstić information content (AvgIpc) is 3.06. The molecular weight excluding hydrogens is 541 g/mol. The Hall–Kier alpha value is -4.74. The summed E-state index contributed by atoms with van der Waals surface area (Å²) in [4.78, 5) is 41.2. The monoisotopic (exact) mass is 575 g/mol. The molecule has 1 aliphatic rings. The van der Waals surface area contributed by atoms with Gasteiger partial charge in [0.2, 0.25) is 11.8 Å². The van der Waals surface area contributed by atoms with E-state index >= 15 is 0 Å². The summed E-state index contributed by atoms with van der Waals surface area (Å²) in [5.41, 5.74) is 0.0878. The molecule has 0 spiro atoms. The molecule has 5 rings (SSSR count). The van der Waals surface area contributed by atoms with Crippen LogP contribution in [0.2, 0.25) is 0 Å². The molecule has 42 heavy (non-hydrogen) atoms. The van der Waals surface area contributed by atoms with Gasteiger partial charge in [-0.25, -0.2) is 23.5 Å². The molecule has 4 aromatic rings. The fourth-order valence-corrected chi connectivity index (χ4v) is 4.72. The highest BCUT2D eigenvalue weighted by atomic mass is 19.1. The van der Waals surface area contributed by atoms with Crippen molar-refractivity contribution in [3.05, 3.63) is 77.5 Å². The Morgan fingerprint density at radius 2 is 1.93 bits per heavy atom. The van der Waals surface area contributed by atoms with E-state index in [1.807, 2.05) is 20.8 Å². The number of rotatable bonds is 7. The van der Waals surface area contributed by atoms with Gasteiger partial charge in [0.25, 0.3) is 5.56 Å². The molecular formula is C30H34FN7O4. The van der Waals surface area contributed by atoms with Crippen LogP contribution in [0.25, 0.3) is 16.9 Å². The highest BCUT2D eigenvalue weighted by Gasteiger charge is 2.26. The van der Waals surface area contributed by atoms with E-state index in [9.17, 15) is 14.0 Å². The van der Waals surface area contributed by atoms with Gasteiger partial charge in [-0.15, -0.1) is 6.58 Å². The summed E-state index contributed by atoms with van der Waals surface area (Å²) in [6.45, 7) is 10.7. The van der Waals surface area contributed by atoms with Crippen LogP contribution in [0.4, 0.5) is 20.8 Å². The Morgan fingerprint density at radius 3 is 2.67 bits per heavy atom. The number of ether oxygens (including phenoxy) is 2. The van der Waals surface area contributed by atoms with E-state index in [1.54, 1.807) is 46.0 Å². The summed E-state index contributed by atoms with van der Waals surface area (Å²) in [6, 6.07) is 11.1. The fourth-order valence-electron chi connectivity index (χ4n) is 4.72. The second-order valence-electron chi connectivity index (χ2n) is 11.0. The van der Waals surface area contributed by atoms with E-state index in [1.165, 1.54) is 23.0 Å². The third-order valence-corrected chi connectivity index (χ3v) is 6.62.